The van der Waals surface area contributed by atoms with Gasteiger partial charge in [-0.25, -0.2) is 0 Å². The molecule has 1 heterocycles. The van der Waals surface area contributed by atoms with Gasteiger partial charge in [-0.05, 0) is 6.37 Å². The number of hydrogen-bond donors (Lipinski definition) is 1. The summed E-state index contributed by atoms with van der Waals surface area (Å²) in [5.41, 5.74) is 2.96. The lowest BCUT2D eigenvalue weighted by atomic mass is 10.3. The van der Waals surface area contributed by atoms with Gasteiger partial charge in [-0.15, -0.1) is 0 Å². The summed E-state index contributed by atoms with van der Waals surface area (Å²) in [5, 5.41) is -0.625. The first-order chi connectivity index (χ1) is 4.79. The van der Waals surface area contributed by atoms with Crippen LogP contribution in [0.5, 0.6) is 0 Å². The molecular formula is C4H7NOS. The summed E-state index contributed by atoms with van der Waals surface area (Å²) in [6, 6.07) is -1.34. The molecule has 40 valence electrons. The molecule has 0 aliphatic carbocycles. The minimum absolute atomic E-state index is 0.332. The van der Waals surface area contributed by atoms with Crippen LogP contribution in [0.3, 0.4) is 0 Å². The minimum atomic E-state index is -2.26. The molecule has 1 saturated heterocycles. The van der Waals surface area contributed by atoms with Crippen LogP contribution in [0.2, 0.25) is 0 Å². The lowest BCUT2D eigenvalue weighted by Crippen LogP contribution is -2.22. The van der Waals surface area contributed by atoms with E-state index < -0.39 is 23.2 Å². The van der Waals surface area contributed by atoms with Gasteiger partial charge in [0.2, 0.25) is 5.12 Å². The first-order valence-corrected chi connectivity index (χ1v) is 2.59. The van der Waals surface area contributed by atoms with Crippen LogP contribution in [0.25, 0.3) is 0 Å². The summed E-state index contributed by atoms with van der Waals surface area (Å²) in [5.74, 6) is 0. The zero-order chi connectivity index (χ0) is 8.86. The molecule has 1 fully saturated rings. The highest BCUT2D eigenvalue weighted by Gasteiger charge is 2.19. The van der Waals surface area contributed by atoms with E-state index in [1.165, 1.54) is 0 Å². The van der Waals surface area contributed by atoms with Gasteiger partial charge in [0.15, 0.2) is 0 Å². The Balaban J connectivity index is 3.01. The smallest absolute Gasteiger partial charge is 0.205 e. The molecule has 2 N–H and O–H groups in total. The summed E-state index contributed by atoms with van der Waals surface area (Å²) in [6.07, 6.45) is -2.26. The molecule has 0 saturated carbocycles. The quantitative estimate of drug-likeness (QED) is 0.489. The molecule has 1 rings (SSSR count). The van der Waals surface area contributed by atoms with Gasteiger partial charge in [0.25, 0.3) is 0 Å². The van der Waals surface area contributed by atoms with Crippen molar-refractivity contribution in [1.29, 1.82) is 0 Å². The maximum Gasteiger partial charge on any atom is 0.205 e. The third-order valence-electron chi connectivity index (χ3n) is 0.620. The molecule has 2 nitrogen and oxygen atoms in total. The van der Waals surface area contributed by atoms with E-state index in [-0.39, 0.29) is 0 Å². The second-order valence-corrected chi connectivity index (χ2v) is 1.96. The Hall–Kier alpha value is -0.0200. The lowest BCUT2D eigenvalue weighted by molar-refractivity contribution is -0.111. The summed E-state index contributed by atoms with van der Waals surface area (Å²) in [6.45, 7) is 0. The largest absolute Gasteiger partial charge is 0.321 e. The number of rotatable bonds is 0. The molecule has 1 atom stereocenters. The SMILES string of the molecule is [2H]C1([2H])SC(=O)[C@H](N)C1([2H])[2H]. The molecule has 0 aromatic carbocycles. The highest BCUT2D eigenvalue weighted by molar-refractivity contribution is 8.14. The van der Waals surface area contributed by atoms with E-state index in [1.54, 1.807) is 0 Å². The number of carbonyl (C=O) groups excluding carboxylic acids is 1. The van der Waals surface area contributed by atoms with E-state index in [2.05, 4.69) is 0 Å². The van der Waals surface area contributed by atoms with Gasteiger partial charge < -0.3 is 5.73 Å². The Labute approximate surface area is 52.1 Å². The molecule has 0 aromatic heterocycles. The minimum Gasteiger partial charge on any atom is -0.321 e. The van der Waals surface area contributed by atoms with Crippen LogP contribution in [0.15, 0.2) is 0 Å². The van der Waals surface area contributed by atoms with Crippen molar-refractivity contribution >= 4 is 16.9 Å². The summed E-state index contributed by atoms with van der Waals surface area (Å²) >= 11 is 0.332. The maximum atomic E-state index is 10.8. The van der Waals surface area contributed by atoms with Crippen molar-refractivity contribution in [3.63, 3.8) is 0 Å². The Morgan fingerprint density at radius 3 is 3.00 bits per heavy atom. The Bertz CT molecular complexity index is 206. The molecule has 0 amide bonds. The van der Waals surface area contributed by atoms with Crippen molar-refractivity contribution in [2.75, 3.05) is 5.70 Å². The number of thioether (sulfide) groups is 1. The molecule has 3 heteroatoms. The van der Waals surface area contributed by atoms with Crippen molar-refractivity contribution in [2.45, 2.75) is 12.4 Å². The van der Waals surface area contributed by atoms with Gasteiger partial charge in [0.1, 0.15) is 0 Å². The zero-order valence-electron chi connectivity index (χ0n) is 7.47. The van der Waals surface area contributed by atoms with Crippen LogP contribution in [-0.2, 0) is 4.79 Å². The van der Waals surface area contributed by atoms with Gasteiger partial charge >= 0.3 is 0 Å². The van der Waals surface area contributed by atoms with Crippen molar-refractivity contribution in [3.8, 4) is 0 Å². The van der Waals surface area contributed by atoms with Gasteiger partial charge in [-0.3, -0.25) is 4.79 Å². The lowest BCUT2D eigenvalue weighted by Gasteiger charge is -1.90. The predicted octanol–water partition coefficient (Wildman–Crippen LogP) is -0.0228. The fraction of sp³-hybridized carbons (Fsp3) is 0.750. The summed E-state index contributed by atoms with van der Waals surface area (Å²) in [7, 11) is 0. The highest BCUT2D eigenvalue weighted by atomic mass is 32.2. The van der Waals surface area contributed by atoms with Crippen LogP contribution in [0, 0.1) is 0 Å². The second kappa shape index (κ2) is 1.84. The van der Waals surface area contributed by atoms with Gasteiger partial charge in [-0.2, -0.15) is 0 Å². The van der Waals surface area contributed by atoms with Crippen LogP contribution in [0.4, 0.5) is 0 Å². The predicted molar refractivity (Wildman–Crippen MR) is 30.1 cm³/mol. The topological polar surface area (TPSA) is 43.1 Å². The van der Waals surface area contributed by atoms with E-state index in [4.69, 9.17) is 11.2 Å². The molecule has 0 spiro atoms. The van der Waals surface area contributed by atoms with Crippen LogP contribution in [0.1, 0.15) is 11.9 Å². The molecular weight excluding hydrogens is 110 g/mol. The third kappa shape index (κ3) is 0.951. The van der Waals surface area contributed by atoms with E-state index in [1.807, 2.05) is 0 Å². The van der Waals surface area contributed by atoms with Crippen LogP contribution >= 0.6 is 11.8 Å². The first-order valence-electron chi connectivity index (χ1n) is 3.77. The van der Waals surface area contributed by atoms with Crippen molar-refractivity contribution < 1.29 is 10.3 Å². The number of carbonyl (C=O) groups is 1. The Kier molecular flexibility index (Phi) is 0.544. The molecule has 0 bridgehead atoms. The van der Waals surface area contributed by atoms with Crippen molar-refractivity contribution in [3.05, 3.63) is 0 Å². The van der Waals surface area contributed by atoms with E-state index in [9.17, 15) is 4.79 Å². The molecule has 0 radical (unpaired) electrons. The van der Waals surface area contributed by atoms with Gasteiger partial charge in [0, 0.05) is 11.2 Å². The summed E-state index contributed by atoms with van der Waals surface area (Å²) in [4.78, 5) is 10.8. The number of nitrogens with two attached hydrogens (primary N) is 1. The molecule has 7 heavy (non-hydrogen) atoms. The average Bonchev–Trinajstić information content (AvgIpc) is 1.93. The normalized spacial score (nSPS) is 54.4. The Morgan fingerprint density at radius 1 is 2.14 bits per heavy atom. The fourth-order valence-corrected chi connectivity index (χ4v) is 0.738. The van der Waals surface area contributed by atoms with Crippen LogP contribution < -0.4 is 5.73 Å². The van der Waals surface area contributed by atoms with E-state index >= 15 is 0 Å². The van der Waals surface area contributed by atoms with Crippen molar-refractivity contribution in [2.24, 2.45) is 5.73 Å². The van der Waals surface area contributed by atoms with Gasteiger partial charge in [-0.1, -0.05) is 11.8 Å². The first kappa shape index (κ1) is 2.07. The zero-order valence-corrected chi connectivity index (χ0v) is 4.29. The number of hydrogen-bond acceptors (Lipinski definition) is 3. The molecule has 1 aliphatic heterocycles. The highest BCUT2D eigenvalue weighted by Crippen LogP contribution is 2.16. The van der Waals surface area contributed by atoms with E-state index in [0.717, 1.165) is 0 Å². The van der Waals surface area contributed by atoms with Crippen molar-refractivity contribution in [1.82, 2.24) is 0 Å². The van der Waals surface area contributed by atoms with Crippen LogP contribution in [-0.4, -0.2) is 16.9 Å². The van der Waals surface area contributed by atoms with Gasteiger partial charge in [0.05, 0.1) is 6.04 Å². The molecule has 0 unspecified atom stereocenters. The molecule has 1 aliphatic rings. The maximum absolute atomic E-state index is 10.8. The molecule has 0 aromatic rings. The standard InChI is InChI=1S/C4H7NOS/c5-3-1-2-7-4(3)6/h3H,1-2,5H2/t3-/m1/s1/i1D2,2D2. The third-order valence-corrected chi connectivity index (χ3v) is 1.30. The second-order valence-electron chi connectivity index (χ2n) is 1.15. The monoisotopic (exact) mass is 121 g/mol. The van der Waals surface area contributed by atoms with E-state index in [0.29, 0.717) is 11.8 Å². The average molecular weight is 121 g/mol. The Morgan fingerprint density at radius 2 is 2.86 bits per heavy atom. The summed E-state index contributed by atoms with van der Waals surface area (Å²) < 4.78 is 28.5. The fourth-order valence-electron chi connectivity index (χ4n) is 0.266.